The molecule has 0 radical (unpaired) electrons. The van der Waals surface area contributed by atoms with Crippen molar-refractivity contribution in [3.05, 3.63) is 88.0 Å². The van der Waals surface area contributed by atoms with Crippen LogP contribution in [0.3, 0.4) is 0 Å². The highest BCUT2D eigenvalue weighted by Gasteiger charge is 2.49. The molecule has 1 saturated heterocycles. The molecule has 16 heteroatoms. The van der Waals surface area contributed by atoms with Crippen molar-refractivity contribution in [1.82, 2.24) is 0 Å². The van der Waals surface area contributed by atoms with Crippen molar-refractivity contribution in [2.45, 2.75) is 57.3 Å². The Morgan fingerprint density at radius 1 is 0.689 bits per heavy atom. The van der Waals surface area contributed by atoms with E-state index in [1.165, 1.54) is 0 Å². The summed E-state index contributed by atoms with van der Waals surface area (Å²) in [6, 6.07) is 0.972. The summed E-state index contributed by atoms with van der Waals surface area (Å²) in [4.78, 5) is 0. The van der Waals surface area contributed by atoms with Crippen molar-refractivity contribution in [3.63, 3.8) is 0 Å². The summed E-state index contributed by atoms with van der Waals surface area (Å²) < 4.78 is 194. The first-order chi connectivity index (χ1) is 20.8. The van der Waals surface area contributed by atoms with Crippen LogP contribution in [-0.4, -0.2) is 13.0 Å². The number of hydrogen-bond donors (Lipinski definition) is 0. The van der Waals surface area contributed by atoms with E-state index < -0.39 is 87.6 Å². The van der Waals surface area contributed by atoms with Crippen LogP contribution in [0.25, 0.3) is 11.1 Å². The van der Waals surface area contributed by atoms with E-state index in [1.807, 2.05) is 6.92 Å². The monoisotopic (exact) mass is 664 g/mol. The van der Waals surface area contributed by atoms with Crippen LogP contribution in [0.4, 0.5) is 57.1 Å². The van der Waals surface area contributed by atoms with E-state index in [0.717, 1.165) is 12.8 Å². The molecule has 0 saturated carbocycles. The number of rotatable bonds is 9. The predicted molar refractivity (Wildman–Crippen MR) is 130 cm³/mol. The standard InChI is InChI=1S/C29H21F13O3/c1-2-3-13-4-5-23(43-12-13)14-6-19(32)25(20(33)7-14)27(36,37)44-16-10-17(30)24(18(31)11-16)15-8-21(34)26(22(35)9-15)28(38,39)45-29(40,41)42/h6-11,13,23H,2-5,12H2,1H3. The summed E-state index contributed by atoms with van der Waals surface area (Å²) in [5, 5.41) is 0. The molecule has 3 nitrogen and oxygen atoms in total. The van der Waals surface area contributed by atoms with Gasteiger partial charge in [0.15, 0.2) is 0 Å². The summed E-state index contributed by atoms with van der Waals surface area (Å²) in [5.74, 6) is -13.2. The molecule has 0 spiro atoms. The molecule has 0 aromatic heterocycles. The van der Waals surface area contributed by atoms with Gasteiger partial charge in [0.1, 0.15) is 51.8 Å². The van der Waals surface area contributed by atoms with E-state index in [4.69, 9.17) is 4.74 Å². The summed E-state index contributed by atoms with van der Waals surface area (Å²) in [5.41, 5.74) is -7.07. The molecule has 0 aliphatic carbocycles. The molecule has 0 N–H and O–H groups in total. The number of alkyl halides is 7. The second-order valence-corrected chi connectivity index (χ2v) is 10.2. The van der Waals surface area contributed by atoms with E-state index >= 15 is 0 Å². The summed E-state index contributed by atoms with van der Waals surface area (Å²) >= 11 is 0. The van der Waals surface area contributed by atoms with Crippen LogP contribution in [0, 0.1) is 40.8 Å². The molecule has 45 heavy (non-hydrogen) atoms. The maximum atomic E-state index is 14.9. The Hall–Kier alpha value is -3.53. The van der Waals surface area contributed by atoms with Gasteiger partial charge in [-0.3, -0.25) is 0 Å². The lowest BCUT2D eigenvalue weighted by molar-refractivity contribution is -0.432. The summed E-state index contributed by atoms with van der Waals surface area (Å²) in [6.45, 7) is 2.28. The smallest absolute Gasteiger partial charge is 0.429 e. The number of benzene rings is 3. The Morgan fingerprint density at radius 2 is 1.20 bits per heavy atom. The fourth-order valence-corrected chi connectivity index (χ4v) is 5.04. The Labute approximate surface area is 246 Å². The van der Waals surface area contributed by atoms with Gasteiger partial charge in [0.2, 0.25) is 0 Å². The Balaban J connectivity index is 1.59. The van der Waals surface area contributed by atoms with Crippen LogP contribution in [0.2, 0.25) is 0 Å². The second kappa shape index (κ2) is 12.7. The molecule has 246 valence electrons. The zero-order valence-electron chi connectivity index (χ0n) is 22.8. The van der Waals surface area contributed by atoms with Crippen molar-refractivity contribution in [1.29, 1.82) is 0 Å². The van der Waals surface area contributed by atoms with Gasteiger partial charge in [0.25, 0.3) is 0 Å². The Kier molecular flexibility index (Phi) is 9.69. The normalized spacial score (nSPS) is 17.9. The highest BCUT2D eigenvalue weighted by molar-refractivity contribution is 5.66. The van der Waals surface area contributed by atoms with Gasteiger partial charge in [0.05, 0.1) is 18.3 Å². The quantitative estimate of drug-likeness (QED) is 0.213. The lowest BCUT2D eigenvalue weighted by Gasteiger charge is -2.29. The van der Waals surface area contributed by atoms with Crippen molar-refractivity contribution in [3.8, 4) is 16.9 Å². The number of halogens is 13. The lowest BCUT2D eigenvalue weighted by atomic mass is 9.91. The Bertz CT molecular complexity index is 1480. The van der Waals surface area contributed by atoms with Gasteiger partial charge in [0, 0.05) is 12.1 Å². The molecule has 2 atom stereocenters. The molecule has 3 aromatic rings. The molecule has 0 bridgehead atoms. The first-order valence-electron chi connectivity index (χ1n) is 13.1. The van der Waals surface area contributed by atoms with E-state index in [9.17, 15) is 57.1 Å². The maximum Gasteiger partial charge on any atom is 0.527 e. The van der Waals surface area contributed by atoms with Gasteiger partial charge in [-0.05, 0) is 60.6 Å². The van der Waals surface area contributed by atoms with Crippen LogP contribution in [0.5, 0.6) is 5.75 Å². The van der Waals surface area contributed by atoms with Gasteiger partial charge in [-0.25, -0.2) is 31.1 Å². The molecule has 1 aliphatic rings. The minimum atomic E-state index is -6.03. The van der Waals surface area contributed by atoms with E-state index in [2.05, 4.69) is 9.47 Å². The van der Waals surface area contributed by atoms with Crippen molar-refractivity contribution >= 4 is 0 Å². The minimum Gasteiger partial charge on any atom is -0.429 e. The van der Waals surface area contributed by atoms with Gasteiger partial charge >= 0.3 is 18.6 Å². The Morgan fingerprint density at radius 3 is 1.67 bits per heavy atom. The first-order valence-corrected chi connectivity index (χ1v) is 13.1. The average molecular weight is 664 g/mol. The van der Waals surface area contributed by atoms with Gasteiger partial charge in [-0.2, -0.15) is 17.6 Å². The van der Waals surface area contributed by atoms with E-state index in [1.54, 1.807) is 0 Å². The van der Waals surface area contributed by atoms with Gasteiger partial charge in [-0.15, -0.1) is 13.2 Å². The predicted octanol–water partition coefficient (Wildman–Crippen LogP) is 10.2. The fourth-order valence-electron chi connectivity index (χ4n) is 5.04. The van der Waals surface area contributed by atoms with Crippen LogP contribution in [0.1, 0.15) is 55.4 Å². The molecule has 2 unspecified atom stereocenters. The van der Waals surface area contributed by atoms with Crippen molar-refractivity contribution < 1.29 is 71.3 Å². The van der Waals surface area contributed by atoms with Crippen molar-refractivity contribution in [2.75, 3.05) is 6.61 Å². The SMILES string of the molecule is CCCC1CCC(c2cc(F)c(C(F)(F)Oc3cc(F)c(-c4cc(F)c(C(F)(F)OC(F)(F)F)c(F)c4)c(F)c3)c(F)c2)OC1. The zero-order chi connectivity index (χ0) is 33.5. The summed E-state index contributed by atoms with van der Waals surface area (Å²) in [7, 11) is 0. The number of ether oxygens (including phenoxy) is 3. The molecule has 1 heterocycles. The number of hydrogen-bond acceptors (Lipinski definition) is 3. The first kappa shape index (κ1) is 34.3. The highest BCUT2D eigenvalue weighted by atomic mass is 19.4. The molecule has 0 amide bonds. The molecule has 4 rings (SSSR count). The zero-order valence-corrected chi connectivity index (χ0v) is 22.8. The molecular formula is C29H21F13O3. The third-order valence-corrected chi connectivity index (χ3v) is 6.92. The largest absolute Gasteiger partial charge is 0.527 e. The average Bonchev–Trinajstić information content (AvgIpc) is 2.86. The lowest BCUT2D eigenvalue weighted by Crippen LogP contribution is -2.29. The molecule has 1 fully saturated rings. The topological polar surface area (TPSA) is 27.7 Å². The second-order valence-electron chi connectivity index (χ2n) is 10.2. The van der Waals surface area contributed by atoms with Crippen LogP contribution in [-0.2, 0) is 21.7 Å². The molecule has 1 aliphatic heterocycles. The van der Waals surface area contributed by atoms with Crippen molar-refractivity contribution in [2.24, 2.45) is 5.92 Å². The third kappa shape index (κ3) is 7.65. The summed E-state index contributed by atoms with van der Waals surface area (Å²) in [6.07, 6.45) is -14.4. The fraction of sp³-hybridized carbons (Fsp3) is 0.379. The van der Waals surface area contributed by atoms with E-state index in [-0.39, 0.29) is 35.7 Å². The van der Waals surface area contributed by atoms with Crippen LogP contribution >= 0.6 is 0 Å². The molecular weight excluding hydrogens is 643 g/mol. The minimum absolute atomic E-state index is 0.0319. The van der Waals surface area contributed by atoms with E-state index in [0.29, 0.717) is 31.6 Å². The highest BCUT2D eigenvalue weighted by Crippen LogP contribution is 2.43. The maximum absolute atomic E-state index is 14.9. The van der Waals surface area contributed by atoms with Gasteiger partial charge < -0.3 is 9.47 Å². The van der Waals surface area contributed by atoms with Gasteiger partial charge in [-0.1, -0.05) is 13.3 Å². The van der Waals surface area contributed by atoms with Crippen LogP contribution < -0.4 is 4.74 Å². The third-order valence-electron chi connectivity index (χ3n) is 6.92. The van der Waals surface area contributed by atoms with Crippen LogP contribution in [0.15, 0.2) is 36.4 Å². The molecule has 3 aromatic carbocycles.